The van der Waals surface area contributed by atoms with Gasteiger partial charge in [0.15, 0.2) is 0 Å². The molecule has 0 radical (unpaired) electrons. The van der Waals surface area contributed by atoms with Gasteiger partial charge in [0.25, 0.3) is 0 Å². The number of hydrogen-bond acceptors (Lipinski definition) is 1. The minimum absolute atomic E-state index is 0.411. The molecule has 1 aromatic rings. The Morgan fingerprint density at radius 1 is 1.27 bits per heavy atom. The fourth-order valence-corrected chi connectivity index (χ4v) is 1.71. The van der Waals surface area contributed by atoms with Crippen molar-refractivity contribution in [3.8, 4) is 5.75 Å². The Bertz CT molecular complexity index is 255. The minimum atomic E-state index is -0.411. The number of aryl methyl sites for hydroxylation is 1. The summed E-state index contributed by atoms with van der Waals surface area (Å²) in [6.45, 7) is 4.10. The van der Waals surface area contributed by atoms with Gasteiger partial charge in [-0.3, -0.25) is 0 Å². The topological polar surface area (TPSA) is 9.23 Å². The second kappa shape index (κ2) is 4.01. The van der Waals surface area contributed by atoms with E-state index in [0.29, 0.717) is 0 Å². The SMILES string of the molecule is Cc1ccc(O[P+](C)=[Se])cc1. The Hall–Kier alpha value is -0.161. The van der Waals surface area contributed by atoms with Gasteiger partial charge in [-0.25, -0.2) is 0 Å². The van der Waals surface area contributed by atoms with Crippen LogP contribution in [0.4, 0.5) is 0 Å². The summed E-state index contributed by atoms with van der Waals surface area (Å²) in [5.41, 5.74) is 1.26. The van der Waals surface area contributed by atoms with Gasteiger partial charge in [-0.2, -0.15) is 0 Å². The Kier molecular flexibility index (Phi) is 3.26. The van der Waals surface area contributed by atoms with Gasteiger partial charge in [-0.15, -0.1) is 0 Å². The van der Waals surface area contributed by atoms with E-state index >= 15 is 0 Å². The van der Waals surface area contributed by atoms with Crippen LogP contribution in [-0.4, -0.2) is 21.8 Å². The summed E-state index contributed by atoms with van der Waals surface area (Å²) in [6, 6.07) is 8.08. The normalized spacial score (nSPS) is 10.9. The first-order chi connectivity index (χ1) is 5.18. The molecule has 58 valence electrons. The molecule has 0 aliphatic heterocycles. The molecule has 1 rings (SSSR count). The van der Waals surface area contributed by atoms with Crippen LogP contribution in [0.2, 0.25) is 0 Å². The van der Waals surface area contributed by atoms with Gasteiger partial charge in [-0.1, -0.05) is 0 Å². The van der Waals surface area contributed by atoms with E-state index in [1.165, 1.54) is 5.56 Å². The quantitative estimate of drug-likeness (QED) is 0.562. The molecule has 0 bridgehead atoms. The summed E-state index contributed by atoms with van der Waals surface area (Å²) in [5, 5.41) is 0. The van der Waals surface area contributed by atoms with Crippen LogP contribution >= 0.6 is 6.39 Å². The van der Waals surface area contributed by atoms with E-state index in [1.54, 1.807) is 0 Å². The molecule has 1 unspecified atom stereocenters. The van der Waals surface area contributed by atoms with Crippen molar-refractivity contribution < 1.29 is 4.52 Å². The van der Waals surface area contributed by atoms with Crippen molar-refractivity contribution in [1.82, 2.24) is 0 Å². The molecule has 0 aliphatic carbocycles. The standard InChI is InChI=1S/C8H10OPSe/c1-7-3-5-8(6-4-7)9-10(2)11/h3-6H,1-2H3/q+1. The predicted octanol–water partition coefficient (Wildman–Crippen LogP) is 2.48. The molecule has 0 spiro atoms. The van der Waals surface area contributed by atoms with Gasteiger partial charge in [0, 0.05) is 0 Å². The van der Waals surface area contributed by atoms with Crippen LogP contribution < -0.4 is 4.52 Å². The first kappa shape index (κ1) is 8.93. The first-order valence-electron chi connectivity index (χ1n) is 3.34. The van der Waals surface area contributed by atoms with Gasteiger partial charge in [0.05, 0.1) is 0 Å². The zero-order valence-corrected chi connectivity index (χ0v) is 9.18. The fraction of sp³-hybridized carbons (Fsp3) is 0.250. The molecule has 0 N–H and O–H groups in total. The average Bonchev–Trinajstić information content (AvgIpc) is 1.93. The van der Waals surface area contributed by atoms with Crippen molar-refractivity contribution >= 4 is 21.5 Å². The van der Waals surface area contributed by atoms with Crippen molar-refractivity contribution in [2.45, 2.75) is 6.92 Å². The van der Waals surface area contributed by atoms with Gasteiger partial charge in [-0.05, 0) is 0 Å². The van der Waals surface area contributed by atoms with Gasteiger partial charge >= 0.3 is 75.2 Å². The number of rotatable bonds is 2. The summed E-state index contributed by atoms with van der Waals surface area (Å²) in [5.74, 6) is 0.947. The summed E-state index contributed by atoms with van der Waals surface area (Å²) in [7, 11) is 0. The summed E-state index contributed by atoms with van der Waals surface area (Å²) in [6.07, 6.45) is -0.411. The van der Waals surface area contributed by atoms with Crippen molar-refractivity contribution in [3.63, 3.8) is 0 Å². The molecular weight excluding hydrogens is 222 g/mol. The van der Waals surface area contributed by atoms with Crippen molar-refractivity contribution in [1.29, 1.82) is 0 Å². The molecule has 0 aliphatic rings. The van der Waals surface area contributed by atoms with Crippen LogP contribution in [0.1, 0.15) is 5.56 Å². The van der Waals surface area contributed by atoms with E-state index in [-0.39, 0.29) is 0 Å². The van der Waals surface area contributed by atoms with Crippen molar-refractivity contribution in [3.05, 3.63) is 29.8 Å². The molecule has 1 aromatic carbocycles. The van der Waals surface area contributed by atoms with E-state index in [2.05, 4.69) is 22.0 Å². The van der Waals surface area contributed by atoms with E-state index in [0.717, 1.165) is 5.75 Å². The summed E-state index contributed by atoms with van der Waals surface area (Å²) in [4.78, 5) is 0. The average molecular weight is 232 g/mol. The Morgan fingerprint density at radius 3 is 2.27 bits per heavy atom. The van der Waals surface area contributed by atoms with E-state index in [1.807, 2.05) is 30.9 Å². The van der Waals surface area contributed by atoms with Crippen LogP contribution in [0.5, 0.6) is 5.75 Å². The first-order valence-corrected chi connectivity index (χ1v) is 7.26. The second-order valence-electron chi connectivity index (χ2n) is 2.34. The third-order valence-corrected chi connectivity index (χ3v) is 2.19. The molecule has 0 saturated carbocycles. The van der Waals surface area contributed by atoms with Crippen LogP contribution in [0.3, 0.4) is 0 Å². The maximum atomic E-state index is 5.48. The maximum absolute atomic E-state index is 5.48. The summed E-state index contributed by atoms with van der Waals surface area (Å²) >= 11 is 2.95. The molecule has 0 aromatic heterocycles. The van der Waals surface area contributed by atoms with Crippen LogP contribution in [-0.2, 0) is 0 Å². The Morgan fingerprint density at radius 2 is 1.82 bits per heavy atom. The van der Waals surface area contributed by atoms with E-state index in [4.69, 9.17) is 4.52 Å². The van der Waals surface area contributed by atoms with Gasteiger partial charge < -0.3 is 0 Å². The second-order valence-corrected chi connectivity index (χ2v) is 6.64. The predicted molar refractivity (Wildman–Crippen MR) is 50.4 cm³/mol. The van der Waals surface area contributed by atoms with E-state index < -0.39 is 6.39 Å². The molecule has 0 saturated heterocycles. The van der Waals surface area contributed by atoms with Gasteiger partial charge in [0.2, 0.25) is 0 Å². The zero-order chi connectivity index (χ0) is 8.27. The third-order valence-electron chi connectivity index (χ3n) is 1.25. The molecular formula is C8H10OPSe+. The zero-order valence-electron chi connectivity index (χ0n) is 6.57. The number of benzene rings is 1. The third kappa shape index (κ3) is 3.16. The van der Waals surface area contributed by atoms with Crippen molar-refractivity contribution in [2.75, 3.05) is 6.66 Å². The Balaban J connectivity index is 2.74. The molecule has 0 heterocycles. The molecule has 3 heteroatoms. The van der Waals surface area contributed by atoms with Crippen LogP contribution in [0.15, 0.2) is 24.3 Å². The van der Waals surface area contributed by atoms with Crippen molar-refractivity contribution in [2.24, 2.45) is 0 Å². The molecule has 0 amide bonds. The van der Waals surface area contributed by atoms with E-state index in [9.17, 15) is 0 Å². The monoisotopic (exact) mass is 233 g/mol. The number of hydrogen-bond donors (Lipinski definition) is 0. The Labute approximate surface area is 75.5 Å². The summed E-state index contributed by atoms with van der Waals surface area (Å²) < 4.78 is 5.48. The van der Waals surface area contributed by atoms with Crippen LogP contribution in [0, 0.1) is 6.92 Å². The van der Waals surface area contributed by atoms with Crippen LogP contribution in [0.25, 0.3) is 0 Å². The molecule has 0 fully saturated rings. The fourth-order valence-electron chi connectivity index (χ4n) is 0.748. The molecule has 11 heavy (non-hydrogen) atoms. The molecule has 1 atom stereocenters. The van der Waals surface area contributed by atoms with Gasteiger partial charge in [0.1, 0.15) is 0 Å². The molecule has 1 nitrogen and oxygen atoms in total.